The summed E-state index contributed by atoms with van der Waals surface area (Å²) in [7, 11) is 1.60. The van der Waals surface area contributed by atoms with Gasteiger partial charge < -0.3 is 19.7 Å². The van der Waals surface area contributed by atoms with E-state index in [1.54, 1.807) is 54.7 Å². The molecule has 1 N–H and O–H groups in total. The first-order valence-electron chi connectivity index (χ1n) is 12.8. The van der Waals surface area contributed by atoms with Crippen molar-refractivity contribution in [3.05, 3.63) is 89.4 Å². The van der Waals surface area contributed by atoms with Crippen LogP contribution in [-0.2, 0) is 6.54 Å². The number of amides is 2. The molecule has 1 fully saturated rings. The smallest absolute Gasteiger partial charge is 0.272 e. The average Bonchev–Trinajstić information content (AvgIpc) is 2.97. The predicted octanol–water partition coefficient (Wildman–Crippen LogP) is 5.24. The van der Waals surface area contributed by atoms with Crippen molar-refractivity contribution in [2.24, 2.45) is 0 Å². The number of alkyl halides is 1. The second kappa shape index (κ2) is 11.5. The Hall–Kier alpha value is -4.53. The molecule has 4 aromatic rings. The fraction of sp³-hybridized carbons (Fsp3) is 0.267. The highest BCUT2D eigenvalue weighted by Crippen LogP contribution is 2.33. The van der Waals surface area contributed by atoms with Gasteiger partial charge in [-0.2, -0.15) is 0 Å². The van der Waals surface area contributed by atoms with Gasteiger partial charge in [-0.05, 0) is 67.8 Å². The van der Waals surface area contributed by atoms with E-state index in [2.05, 4.69) is 15.3 Å². The van der Waals surface area contributed by atoms with E-state index >= 15 is 0 Å². The molecule has 2 aromatic heterocycles. The number of fused-ring (bicyclic) bond motifs is 1. The fourth-order valence-corrected chi connectivity index (χ4v) is 4.60. The van der Waals surface area contributed by atoms with Crippen molar-refractivity contribution in [1.82, 2.24) is 20.2 Å². The third kappa shape index (κ3) is 5.82. The molecule has 0 bridgehead atoms. The number of piperidine rings is 1. The van der Waals surface area contributed by atoms with Crippen LogP contribution >= 0.6 is 0 Å². The SMILES string of the molecule is COc1ccc2c(Oc3cccc(C(=O)NCc4ccnc(C(=O)N5CCC(F)CC5)c4)c3C)ccnc2c1. The molecule has 0 unspecified atom stereocenters. The third-order valence-corrected chi connectivity index (χ3v) is 6.87. The van der Waals surface area contributed by atoms with E-state index in [4.69, 9.17) is 9.47 Å². The Morgan fingerprint density at radius 1 is 1.03 bits per heavy atom. The molecule has 39 heavy (non-hydrogen) atoms. The van der Waals surface area contributed by atoms with E-state index in [0.717, 1.165) is 16.5 Å². The number of nitrogens with one attached hydrogen (secondary N) is 1. The molecule has 2 amide bonds. The number of benzene rings is 2. The summed E-state index contributed by atoms with van der Waals surface area (Å²) in [6, 6.07) is 16.1. The van der Waals surface area contributed by atoms with E-state index < -0.39 is 6.17 Å². The van der Waals surface area contributed by atoms with Gasteiger partial charge in [-0.15, -0.1) is 0 Å². The second-order valence-corrected chi connectivity index (χ2v) is 9.42. The van der Waals surface area contributed by atoms with Crippen molar-refractivity contribution in [1.29, 1.82) is 0 Å². The summed E-state index contributed by atoms with van der Waals surface area (Å²) in [5.41, 5.74) is 2.93. The number of hydrogen-bond acceptors (Lipinski definition) is 6. The van der Waals surface area contributed by atoms with Crippen molar-refractivity contribution < 1.29 is 23.5 Å². The summed E-state index contributed by atoms with van der Waals surface area (Å²) in [4.78, 5) is 36.1. The minimum absolute atomic E-state index is 0.218. The third-order valence-electron chi connectivity index (χ3n) is 6.87. The van der Waals surface area contributed by atoms with E-state index in [-0.39, 0.29) is 24.1 Å². The molecule has 0 atom stereocenters. The first kappa shape index (κ1) is 26.1. The van der Waals surface area contributed by atoms with Crippen LogP contribution in [0.5, 0.6) is 17.2 Å². The summed E-state index contributed by atoms with van der Waals surface area (Å²) in [6.45, 7) is 2.81. The second-order valence-electron chi connectivity index (χ2n) is 9.42. The lowest BCUT2D eigenvalue weighted by molar-refractivity contribution is 0.0661. The molecule has 9 heteroatoms. The Morgan fingerprint density at radius 2 is 1.82 bits per heavy atom. The molecular weight excluding hydrogens is 499 g/mol. The highest BCUT2D eigenvalue weighted by atomic mass is 19.1. The molecule has 2 aromatic carbocycles. The first-order chi connectivity index (χ1) is 18.9. The van der Waals surface area contributed by atoms with Gasteiger partial charge in [-0.3, -0.25) is 19.6 Å². The van der Waals surface area contributed by atoms with Gasteiger partial charge in [-0.25, -0.2) is 4.39 Å². The summed E-state index contributed by atoms with van der Waals surface area (Å²) >= 11 is 0. The van der Waals surface area contributed by atoms with E-state index in [1.807, 2.05) is 31.2 Å². The molecule has 1 aliphatic rings. The van der Waals surface area contributed by atoms with Crippen LogP contribution < -0.4 is 14.8 Å². The standard InChI is InChI=1S/C30H29FN4O4/c1-19-23(4-3-5-27(19)39-28-9-13-32-25-17-22(38-2)6-7-24(25)28)29(36)34-18-20-8-12-33-26(16-20)30(37)35-14-10-21(31)11-15-35/h3-9,12-13,16-17,21H,10-11,14-15,18H2,1-2H3,(H,34,36). The number of halogens is 1. The highest BCUT2D eigenvalue weighted by molar-refractivity contribution is 5.96. The number of carbonyl (C=O) groups is 2. The maximum absolute atomic E-state index is 13.4. The molecular formula is C30H29FN4O4. The van der Waals surface area contributed by atoms with Gasteiger partial charge in [0.2, 0.25) is 0 Å². The summed E-state index contributed by atoms with van der Waals surface area (Å²) in [6.07, 6.45) is 3.04. The Balaban J connectivity index is 1.28. The Bertz CT molecular complexity index is 1520. The zero-order valence-electron chi connectivity index (χ0n) is 21.8. The number of rotatable bonds is 7. The van der Waals surface area contributed by atoms with E-state index in [0.29, 0.717) is 54.3 Å². The fourth-order valence-electron chi connectivity index (χ4n) is 4.60. The van der Waals surface area contributed by atoms with Crippen LogP contribution in [-0.4, -0.2) is 53.1 Å². The summed E-state index contributed by atoms with van der Waals surface area (Å²) in [5.74, 6) is 1.39. The number of carbonyl (C=O) groups excluding carboxylic acids is 2. The van der Waals surface area contributed by atoms with E-state index in [9.17, 15) is 14.0 Å². The zero-order valence-corrected chi connectivity index (χ0v) is 21.8. The topological polar surface area (TPSA) is 93.7 Å². The lowest BCUT2D eigenvalue weighted by Crippen LogP contribution is -2.39. The summed E-state index contributed by atoms with van der Waals surface area (Å²) < 4.78 is 25.0. The van der Waals surface area contributed by atoms with Gasteiger partial charge in [-0.1, -0.05) is 6.07 Å². The Kier molecular flexibility index (Phi) is 7.67. The number of pyridine rings is 2. The maximum atomic E-state index is 13.4. The van der Waals surface area contributed by atoms with Crippen molar-refractivity contribution in [2.45, 2.75) is 32.5 Å². The number of methoxy groups -OCH3 is 1. The zero-order chi connectivity index (χ0) is 27.4. The molecule has 1 aliphatic heterocycles. The van der Waals surface area contributed by atoms with Gasteiger partial charge in [0, 0.05) is 54.6 Å². The average molecular weight is 529 g/mol. The van der Waals surface area contributed by atoms with Crippen LogP contribution in [0.2, 0.25) is 0 Å². The number of likely N-dealkylation sites (tertiary alicyclic amines) is 1. The van der Waals surface area contributed by atoms with Crippen molar-refractivity contribution >= 4 is 22.7 Å². The Labute approximate surface area is 225 Å². The van der Waals surface area contributed by atoms with Crippen molar-refractivity contribution in [2.75, 3.05) is 20.2 Å². The highest BCUT2D eigenvalue weighted by Gasteiger charge is 2.24. The van der Waals surface area contributed by atoms with Crippen LogP contribution in [0.15, 0.2) is 67.0 Å². The van der Waals surface area contributed by atoms with Gasteiger partial charge in [0.1, 0.15) is 29.1 Å². The normalized spacial score (nSPS) is 13.8. The number of aromatic nitrogens is 2. The molecule has 0 aliphatic carbocycles. The molecule has 200 valence electrons. The molecule has 0 saturated carbocycles. The molecule has 8 nitrogen and oxygen atoms in total. The molecule has 5 rings (SSSR count). The number of nitrogens with zero attached hydrogens (tertiary/aromatic N) is 3. The lowest BCUT2D eigenvalue weighted by Gasteiger charge is -2.28. The van der Waals surface area contributed by atoms with Crippen LogP contribution in [0.3, 0.4) is 0 Å². The van der Waals surface area contributed by atoms with Crippen molar-refractivity contribution in [3.8, 4) is 17.2 Å². The molecule has 0 radical (unpaired) electrons. The minimum atomic E-state index is -0.857. The lowest BCUT2D eigenvalue weighted by atomic mass is 10.1. The number of hydrogen-bond donors (Lipinski definition) is 1. The van der Waals surface area contributed by atoms with Crippen LogP contribution in [0, 0.1) is 6.92 Å². The molecule has 1 saturated heterocycles. The largest absolute Gasteiger partial charge is 0.497 e. The van der Waals surface area contributed by atoms with Gasteiger partial charge in [0.25, 0.3) is 11.8 Å². The monoisotopic (exact) mass is 528 g/mol. The minimum Gasteiger partial charge on any atom is -0.497 e. The van der Waals surface area contributed by atoms with Crippen LogP contribution in [0.4, 0.5) is 4.39 Å². The first-order valence-corrected chi connectivity index (χ1v) is 12.8. The van der Waals surface area contributed by atoms with Crippen LogP contribution in [0.1, 0.15) is 44.8 Å². The molecule has 3 heterocycles. The van der Waals surface area contributed by atoms with Crippen molar-refractivity contribution in [3.63, 3.8) is 0 Å². The van der Waals surface area contributed by atoms with Gasteiger partial charge >= 0.3 is 0 Å². The number of ether oxygens (including phenoxy) is 2. The quantitative estimate of drug-likeness (QED) is 0.353. The molecule has 0 spiro atoms. The predicted molar refractivity (Wildman–Crippen MR) is 145 cm³/mol. The van der Waals surface area contributed by atoms with Crippen LogP contribution in [0.25, 0.3) is 10.9 Å². The summed E-state index contributed by atoms with van der Waals surface area (Å²) in [5, 5.41) is 3.74. The maximum Gasteiger partial charge on any atom is 0.272 e. The van der Waals surface area contributed by atoms with Gasteiger partial charge in [0.05, 0.1) is 12.6 Å². The van der Waals surface area contributed by atoms with Gasteiger partial charge in [0.15, 0.2) is 0 Å². The van der Waals surface area contributed by atoms with E-state index in [1.165, 1.54) is 0 Å². The Morgan fingerprint density at radius 3 is 2.62 bits per heavy atom.